The van der Waals surface area contributed by atoms with Crippen molar-refractivity contribution in [3.05, 3.63) is 34.6 Å². The lowest BCUT2D eigenvalue weighted by atomic mass is 10.1. The number of hydrogen-bond acceptors (Lipinski definition) is 2. The molecule has 1 atom stereocenters. The first-order chi connectivity index (χ1) is 7.50. The molecule has 0 aliphatic heterocycles. The van der Waals surface area contributed by atoms with Crippen LogP contribution in [-0.2, 0) is 6.54 Å². The Morgan fingerprint density at radius 2 is 2.12 bits per heavy atom. The molecule has 1 aromatic rings. The van der Waals surface area contributed by atoms with Crippen molar-refractivity contribution in [2.75, 3.05) is 6.54 Å². The molecule has 0 saturated carbocycles. The first-order valence-corrected chi connectivity index (χ1v) is 5.71. The van der Waals surface area contributed by atoms with E-state index in [-0.39, 0.29) is 11.7 Å². The van der Waals surface area contributed by atoms with Crippen LogP contribution in [0.25, 0.3) is 0 Å². The van der Waals surface area contributed by atoms with Gasteiger partial charge in [-0.3, -0.25) is 0 Å². The first kappa shape index (κ1) is 13.4. The smallest absolute Gasteiger partial charge is 0.123 e. The predicted octanol–water partition coefficient (Wildman–Crippen LogP) is 2.59. The molecule has 4 heteroatoms. The Balaban J connectivity index is 2.45. The van der Waals surface area contributed by atoms with Gasteiger partial charge in [0, 0.05) is 18.1 Å². The first-order valence-electron chi connectivity index (χ1n) is 5.33. The second-order valence-electron chi connectivity index (χ2n) is 4.18. The third-order valence-electron chi connectivity index (χ3n) is 2.45. The molecule has 0 spiro atoms. The summed E-state index contributed by atoms with van der Waals surface area (Å²) >= 11 is 5.90. The number of aliphatic hydroxyl groups excluding tert-OH is 1. The zero-order valence-corrected chi connectivity index (χ0v) is 10.3. The highest BCUT2D eigenvalue weighted by atomic mass is 35.5. The topological polar surface area (TPSA) is 32.3 Å². The van der Waals surface area contributed by atoms with Crippen molar-refractivity contribution >= 4 is 11.6 Å². The van der Waals surface area contributed by atoms with Gasteiger partial charge in [0.1, 0.15) is 5.82 Å². The van der Waals surface area contributed by atoms with E-state index in [1.807, 2.05) is 13.8 Å². The van der Waals surface area contributed by atoms with Crippen LogP contribution in [0.1, 0.15) is 19.4 Å². The molecule has 90 valence electrons. The lowest BCUT2D eigenvalue weighted by molar-refractivity contribution is 0.123. The average molecular weight is 246 g/mol. The van der Waals surface area contributed by atoms with E-state index in [1.54, 1.807) is 0 Å². The Hall–Kier alpha value is -0.640. The van der Waals surface area contributed by atoms with E-state index in [9.17, 15) is 9.50 Å². The Labute approximate surface area is 100 Å². The molecular weight excluding hydrogens is 229 g/mol. The maximum atomic E-state index is 12.9. The van der Waals surface area contributed by atoms with Gasteiger partial charge in [0.25, 0.3) is 0 Å². The monoisotopic (exact) mass is 245 g/mol. The third kappa shape index (κ3) is 4.08. The summed E-state index contributed by atoms with van der Waals surface area (Å²) < 4.78 is 12.9. The average Bonchev–Trinajstić information content (AvgIpc) is 2.22. The summed E-state index contributed by atoms with van der Waals surface area (Å²) in [6.45, 7) is 4.83. The highest BCUT2D eigenvalue weighted by Gasteiger charge is 2.08. The molecule has 0 aliphatic carbocycles. The van der Waals surface area contributed by atoms with Crippen molar-refractivity contribution in [1.82, 2.24) is 5.32 Å². The van der Waals surface area contributed by atoms with Crippen LogP contribution in [0.15, 0.2) is 18.2 Å². The van der Waals surface area contributed by atoms with Crippen molar-refractivity contribution < 1.29 is 9.50 Å². The molecule has 0 bridgehead atoms. The van der Waals surface area contributed by atoms with Gasteiger partial charge in [0.05, 0.1) is 6.10 Å². The van der Waals surface area contributed by atoms with E-state index in [1.165, 1.54) is 18.2 Å². The van der Waals surface area contributed by atoms with Crippen LogP contribution in [0, 0.1) is 11.7 Å². The third-order valence-corrected chi connectivity index (χ3v) is 2.81. The summed E-state index contributed by atoms with van der Waals surface area (Å²) in [6, 6.07) is 4.26. The van der Waals surface area contributed by atoms with Gasteiger partial charge in [0.2, 0.25) is 0 Å². The minimum atomic E-state index is -0.396. The van der Waals surface area contributed by atoms with Gasteiger partial charge in [-0.1, -0.05) is 25.4 Å². The van der Waals surface area contributed by atoms with Crippen LogP contribution in [0.4, 0.5) is 4.39 Å². The largest absolute Gasteiger partial charge is 0.392 e. The standard InChI is InChI=1S/C12H17ClFNO/c1-8(2)12(16)7-15-6-9-5-10(14)3-4-11(9)13/h3-5,8,12,15-16H,6-7H2,1-2H3. The maximum absolute atomic E-state index is 12.9. The highest BCUT2D eigenvalue weighted by molar-refractivity contribution is 6.31. The number of nitrogens with one attached hydrogen (secondary N) is 1. The SMILES string of the molecule is CC(C)C(O)CNCc1cc(F)ccc1Cl. The van der Waals surface area contributed by atoms with Crippen LogP contribution in [-0.4, -0.2) is 17.8 Å². The molecule has 2 N–H and O–H groups in total. The maximum Gasteiger partial charge on any atom is 0.123 e. The molecule has 2 nitrogen and oxygen atoms in total. The number of benzene rings is 1. The lowest BCUT2D eigenvalue weighted by Crippen LogP contribution is -2.30. The van der Waals surface area contributed by atoms with E-state index in [0.717, 1.165) is 0 Å². The molecule has 1 unspecified atom stereocenters. The van der Waals surface area contributed by atoms with E-state index >= 15 is 0 Å². The molecule has 1 rings (SSSR count). The van der Waals surface area contributed by atoms with Gasteiger partial charge in [-0.25, -0.2) is 4.39 Å². The molecule has 16 heavy (non-hydrogen) atoms. The lowest BCUT2D eigenvalue weighted by Gasteiger charge is -2.15. The van der Waals surface area contributed by atoms with E-state index in [4.69, 9.17) is 11.6 Å². The van der Waals surface area contributed by atoms with Crippen LogP contribution >= 0.6 is 11.6 Å². The number of rotatable bonds is 5. The predicted molar refractivity (Wildman–Crippen MR) is 64.0 cm³/mol. The molecule has 1 aromatic carbocycles. The zero-order valence-electron chi connectivity index (χ0n) is 9.50. The Bertz CT molecular complexity index is 344. The van der Waals surface area contributed by atoms with Gasteiger partial charge in [-0.05, 0) is 29.7 Å². The molecule has 0 fully saturated rings. The summed E-state index contributed by atoms with van der Waals surface area (Å²) in [5.41, 5.74) is 0.706. The fourth-order valence-electron chi connectivity index (χ4n) is 1.27. The minimum absolute atomic E-state index is 0.204. The van der Waals surface area contributed by atoms with Crippen LogP contribution in [0.5, 0.6) is 0 Å². The van der Waals surface area contributed by atoms with Crippen molar-refractivity contribution in [3.8, 4) is 0 Å². The molecular formula is C12H17ClFNO. The fourth-order valence-corrected chi connectivity index (χ4v) is 1.45. The zero-order chi connectivity index (χ0) is 12.1. The van der Waals surface area contributed by atoms with Crippen LogP contribution < -0.4 is 5.32 Å². The number of halogens is 2. The summed E-state index contributed by atoms with van der Waals surface area (Å²) in [7, 11) is 0. The van der Waals surface area contributed by atoms with E-state index in [0.29, 0.717) is 23.7 Å². The highest BCUT2D eigenvalue weighted by Crippen LogP contribution is 2.16. The van der Waals surface area contributed by atoms with Crippen molar-refractivity contribution in [1.29, 1.82) is 0 Å². The number of aliphatic hydroxyl groups is 1. The second-order valence-corrected chi connectivity index (χ2v) is 4.59. The van der Waals surface area contributed by atoms with Crippen molar-refractivity contribution in [3.63, 3.8) is 0 Å². The Kier molecular flexibility index (Phi) is 5.19. The van der Waals surface area contributed by atoms with Gasteiger partial charge in [-0.2, -0.15) is 0 Å². The normalized spacial score (nSPS) is 13.1. The number of hydrogen-bond donors (Lipinski definition) is 2. The van der Waals surface area contributed by atoms with E-state index < -0.39 is 6.10 Å². The fraction of sp³-hybridized carbons (Fsp3) is 0.500. The van der Waals surface area contributed by atoms with Crippen LogP contribution in [0.3, 0.4) is 0 Å². The summed E-state index contributed by atoms with van der Waals surface area (Å²) in [5.74, 6) is -0.0962. The molecule has 0 aliphatic rings. The Morgan fingerprint density at radius 1 is 1.44 bits per heavy atom. The molecule has 0 radical (unpaired) electrons. The molecule has 0 aromatic heterocycles. The van der Waals surface area contributed by atoms with Gasteiger partial charge < -0.3 is 10.4 Å². The molecule has 0 heterocycles. The van der Waals surface area contributed by atoms with Crippen LogP contribution in [0.2, 0.25) is 5.02 Å². The van der Waals surface area contributed by atoms with Gasteiger partial charge >= 0.3 is 0 Å². The molecule has 0 amide bonds. The van der Waals surface area contributed by atoms with Crippen molar-refractivity contribution in [2.45, 2.75) is 26.5 Å². The second kappa shape index (κ2) is 6.18. The van der Waals surface area contributed by atoms with Gasteiger partial charge in [0.15, 0.2) is 0 Å². The summed E-state index contributed by atoms with van der Waals surface area (Å²) in [4.78, 5) is 0. The summed E-state index contributed by atoms with van der Waals surface area (Å²) in [5, 5.41) is 13.1. The van der Waals surface area contributed by atoms with Crippen molar-refractivity contribution in [2.24, 2.45) is 5.92 Å². The Morgan fingerprint density at radius 3 is 2.75 bits per heavy atom. The summed E-state index contributed by atoms with van der Waals surface area (Å²) in [6.07, 6.45) is -0.396. The van der Waals surface area contributed by atoms with Gasteiger partial charge in [-0.15, -0.1) is 0 Å². The quantitative estimate of drug-likeness (QED) is 0.836. The molecule has 0 saturated heterocycles. The minimum Gasteiger partial charge on any atom is -0.392 e. The van der Waals surface area contributed by atoms with E-state index in [2.05, 4.69) is 5.32 Å².